The van der Waals surface area contributed by atoms with Crippen LogP contribution in [0.3, 0.4) is 0 Å². The molecule has 0 aliphatic heterocycles. The van der Waals surface area contributed by atoms with Crippen LogP contribution in [-0.4, -0.2) is 31.1 Å². The lowest BCUT2D eigenvalue weighted by atomic mass is 10.2. The van der Waals surface area contributed by atoms with E-state index in [4.69, 9.17) is 5.73 Å². The van der Waals surface area contributed by atoms with Gasteiger partial charge in [-0.05, 0) is 30.7 Å². The summed E-state index contributed by atoms with van der Waals surface area (Å²) in [4.78, 5) is 13.3. The summed E-state index contributed by atoms with van der Waals surface area (Å²) in [5, 5.41) is 2.62. The van der Waals surface area contributed by atoms with Crippen molar-refractivity contribution in [1.82, 2.24) is 4.90 Å². The number of anilines is 1. The van der Waals surface area contributed by atoms with E-state index in [-0.39, 0.29) is 17.8 Å². The molecule has 0 bridgehead atoms. The van der Waals surface area contributed by atoms with Crippen molar-refractivity contribution in [2.24, 2.45) is 11.7 Å². The molecule has 1 aromatic carbocycles. The highest BCUT2D eigenvalue weighted by molar-refractivity contribution is 5.89. The van der Waals surface area contributed by atoms with E-state index in [0.29, 0.717) is 18.8 Å². The first-order valence-electron chi connectivity index (χ1n) is 5.50. The molecule has 0 saturated carbocycles. The largest absolute Gasteiger partial charge is 0.330 e. The summed E-state index contributed by atoms with van der Waals surface area (Å²) < 4.78 is 12.9. The van der Waals surface area contributed by atoms with Gasteiger partial charge < -0.3 is 16.0 Å². The number of hydrogen-bond acceptors (Lipinski definition) is 2. The van der Waals surface area contributed by atoms with Crippen LogP contribution >= 0.6 is 0 Å². The number of halogens is 1. The minimum Gasteiger partial charge on any atom is -0.330 e. The van der Waals surface area contributed by atoms with Crippen LogP contribution in [0.25, 0.3) is 0 Å². The topological polar surface area (TPSA) is 58.4 Å². The lowest BCUT2D eigenvalue weighted by Crippen LogP contribution is -2.36. The number of carbonyl (C=O) groups excluding carboxylic acids is 1. The molecular formula is C12H18FN3O. The molecule has 0 aromatic heterocycles. The van der Waals surface area contributed by atoms with Gasteiger partial charge in [0, 0.05) is 19.3 Å². The first-order chi connectivity index (χ1) is 8.02. The van der Waals surface area contributed by atoms with Crippen LogP contribution < -0.4 is 11.1 Å². The summed E-state index contributed by atoms with van der Waals surface area (Å²) in [6, 6.07) is 5.53. The predicted octanol–water partition coefficient (Wildman–Crippen LogP) is 1.88. The zero-order valence-electron chi connectivity index (χ0n) is 10.1. The molecule has 1 unspecified atom stereocenters. The molecule has 1 aromatic rings. The molecule has 4 nitrogen and oxygen atoms in total. The van der Waals surface area contributed by atoms with Gasteiger partial charge in [-0.3, -0.25) is 0 Å². The monoisotopic (exact) mass is 239 g/mol. The van der Waals surface area contributed by atoms with Crippen molar-refractivity contribution in [3.8, 4) is 0 Å². The van der Waals surface area contributed by atoms with Gasteiger partial charge in [-0.15, -0.1) is 0 Å². The van der Waals surface area contributed by atoms with Gasteiger partial charge in [0.15, 0.2) is 0 Å². The van der Waals surface area contributed by atoms with Crippen molar-refractivity contribution in [1.29, 1.82) is 0 Å². The third kappa shape index (κ3) is 4.40. The first kappa shape index (κ1) is 13.4. The second kappa shape index (κ2) is 6.20. The van der Waals surface area contributed by atoms with Crippen LogP contribution in [0, 0.1) is 11.7 Å². The van der Waals surface area contributed by atoms with E-state index in [2.05, 4.69) is 5.32 Å². The average molecular weight is 239 g/mol. The Labute approximate surface area is 101 Å². The maximum atomic E-state index is 12.9. The predicted molar refractivity (Wildman–Crippen MR) is 66.3 cm³/mol. The number of nitrogens with one attached hydrogen (secondary N) is 1. The Balaban J connectivity index is 2.54. The fraction of sp³-hybridized carbons (Fsp3) is 0.417. The van der Waals surface area contributed by atoms with Crippen molar-refractivity contribution < 1.29 is 9.18 Å². The SMILES string of the molecule is CC(CN)CN(C)C(=O)Nc1cccc(F)c1. The van der Waals surface area contributed by atoms with Gasteiger partial charge in [-0.1, -0.05) is 13.0 Å². The zero-order chi connectivity index (χ0) is 12.8. The Hall–Kier alpha value is -1.62. The Bertz CT molecular complexity index is 384. The normalized spacial score (nSPS) is 12.0. The molecule has 0 heterocycles. The molecule has 0 fully saturated rings. The summed E-state index contributed by atoms with van der Waals surface area (Å²) in [5.74, 6) is -0.140. The van der Waals surface area contributed by atoms with Crippen molar-refractivity contribution >= 4 is 11.7 Å². The maximum Gasteiger partial charge on any atom is 0.321 e. The maximum absolute atomic E-state index is 12.9. The van der Waals surface area contributed by atoms with E-state index in [0.717, 1.165) is 0 Å². The fourth-order valence-electron chi connectivity index (χ4n) is 1.41. The third-order valence-electron chi connectivity index (χ3n) is 2.41. The molecule has 0 aliphatic carbocycles. The van der Waals surface area contributed by atoms with Crippen LogP contribution in [0.5, 0.6) is 0 Å². The van der Waals surface area contributed by atoms with Gasteiger partial charge in [-0.25, -0.2) is 9.18 Å². The molecule has 0 aliphatic rings. The Morgan fingerprint density at radius 2 is 2.29 bits per heavy atom. The third-order valence-corrected chi connectivity index (χ3v) is 2.41. The summed E-state index contributed by atoms with van der Waals surface area (Å²) in [7, 11) is 1.68. The Morgan fingerprint density at radius 3 is 2.88 bits per heavy atom. The van der Waals surface area contributed by atoms with Gasteiger partial charge in [0.05, 0.1) is 0 Å². The number of nitrogens with zero attached hydrogens (tertiary/aromatic N) is 1. The summed E-state index contributed by atoms with van der Waals surface area (Å²) in [6.45, 7) is 3.06. The van der Waals surface area contributed by atoms with Crippen molar-refractivity contribution in [3.63, 3.8) is 0 Å². The molecule has 94 valence electrons. The molecule has 0 saturated heterocycles. The standard InChI is InChI=1S/C12H18FN3O/c1-9(7-14)8-16(2)12(17)15-11-5-3-4-10(13)6-11/h3-6,9H,7-8,14H2,1-2H3,(H,15,17). The molecule has 2 amide bonds. The van der Waals surface area contributed by atoms with Crippen LogP contribution in [0.2, 0.25) is 0 Å². The molecule has 5 heteroatoms. The van der Waals surface area contributed by atoms with Crippen LogP contribution in [0.15, 0.2) is 24.3 Å². The average Bonchev–Trinajstić information content (AvgIpc) is 2.28. The molecule has 17 heavy (non-hydrogen) atoms. The molecule has 0 radical (unpaired) electrons. The highest BCUT2D eigenvalue weighted by Gasteiger charge is 2.11. The first-order valence-corrected chi connectivity index (χ1v) is 5.50. The molecule has 3 N–H and O–H groups in total. The number of carbonyl (C=O) groups is 1. The second-order valence-corrected chi connectivity index (χ2v) is 4.16. The van der Waals surface area contributed by atoms with E-state index < -0.39 is 0 Å². The molecule has 1 atom stereocenters. The molecular weight excluding hydrogens is 221 g/mol. The quantitative estimate of drug-likeness (QED) is 0.843. The number of urea groups is 1. The zero-order valence-corrected chi connectivity index (χ0v) is 10.1. The lowest BCUT2D eigenvalue weighted by Gasteiger charge is -2.21. The summed E-state index contributed by atoms with van der Waals surface area (Å²) >= 11 is 0. The second-order valence-electron chi connectivity index (χ2n) is 4.16. The fourth-order valence-corrected chi connectivity index (χ4v) is 1.41. The van der Waals surface area contributed by atoms with Gasteiger partial charge in [-0.2, -0.15) is 0 Å². The number of benzene rings is 1. The minimum atomic E-state index is -0.374. The number of hydrogen-bond donors (Lipinski definition) is 2. The van der Waals surface area contributed by atoms with E-state index >= 15 is 0 Å². The van der Waals surface area contributed by atoms with E-state index in [9.17, 15) is 9.18 Å². The van der Waals surface area contributed by atoms with Crippen molar-refractivity contribution in [2.75, 3.05) is 25.5 Å². The van der Waals surface area contributed by atoms with Gasteiger partial charge in [0.25, 0.3) is 0 Å². The van der Waals surface area contributed by atoms with Gasteiger partial charge >= 0.3 is 6.03 Å². The minimum absolute atomic E-state index is 0.234. The van der Waals surface area contributed by atoms with Crippen LogP contribution in [0.1, 0.15) is 6.92 Å². The Kier molecular flexibility index (Phi) is 4.90. The van der Waals surface area contributed by atoms with Crippen molar-refractivity contribution in [2.45, 2.75) is 6.92 Å². The highest BCUT2D eigenvalue weighted by Crippen LogP contribution is 2.10. The van der Waals surface area contributed by atoms with Crippen LogP contribution in [-0.2, 0) is 0 Å². The van der Waals surface area contributed by atoms with Crippen LogP contribution in [0.4, 0.5) is 14.9 Å². The van der Waals surface area contributed by atoms with Crippen molar-refractivity contribution in [3.05, 3.63) is 30.1 Å². The molecule has 1 rings (SSSR count). The summed E-state index contributed by atoms with van der Waals surface area (Å²) in [5.41, 5.74) is 5.93. The summed E-state index contributed by atoms with van der Waals surface area (Å²) in [6.07, 6.45) is 0. The highest BCUT2D eigenvalue weighted by atomic mass is 19.1. The number of amides is 2. The Morgan fingerprint density at radius 1 is 1.59 bits per heavy atom. The van der Waals surface area contributed by atoms with E-state index in [1.54, 1.807) is 19.2 Å². The lowest BCUT2D eigenvalue weighted by molar-refractivity contribution is 0.216. The smallest absolute Gasteiger partial charge is 0.321 e. The van der Waals surface area contributed by atoms with E-state index in [1.807, 2.05) is 6.92 Å². The van der Waals surface area contributed by atoms with Gasteiger partial charge in [0.1, 0.15) is 5.82 Å². The molecule has 0 spiro atoms. The van der Waals surface area contributed by atoms with Gasteiger partial charge in [0.2, 0.25) is 0 Å². The van der Waals surface area contributed by atoms with E-state index in [1.165, 1.54) is 17.0 Å². The number of nitrogens with two attached hydrogens (primary N) is 1. The number of rotatable bonds is 4.